The number of nitrogen functional groups attached to an aromatic ring is 1. The van der Waals surface area contributed by atoms with Gasteiger partial charge in [-0.15, -0.1) is 0 Å². The molecule has 1 unspecified atom stereocenters. The van der Waals surface area contributed by atoms with Crippen LogP contribution in [0.3, 0.4) is 0 Å². The lowest BCUT2D eigenvalue weighted by molar-refractivity contribution is 0.125. The van der Waals surface area contributed by atoms with Crippen LogP contribution in [0.2, 0.25) is 0 Å². The number of ether oxygens (including phenoxy) is 1. The minimum absolute atomic E-state index is 0.0362. The second-order valence-electron chi connectivity index (χ2n) is 6.17. The first-order valence-electron chi connectivity index (χ1n) is 6.66. The minimum Gasteiger partial charge on any atom is -0.495 e. The number of aliphatic hydroxyl groups is 1. The molecule has 0 aliphatic rings. The van der Waals surface area contributed by atoms with Crippen LogP contribution in [-0.4, -0.2) is 33.3 Å². The fraction of sp³-hybridized carbons (Fsp3) is 0.571. The predicted molar refractivity (Wildman–Crippen MR) is 82.7 cm³/mol. The summed E-state index contributed by atoms with van der Waals surface area (Å²) >= 11 is 0. The Morgan fingerprint density at radius 1 is 1.38 bits per heavy atom. The van der Waals surface area contributed by atoms with E-state index in [0.29, 0.717) is 12.2 Å². The van der Waals surface area contributed by atoms with Gasteiger partial charge in [-0.3, -0.25) is 0 Å². The molecule has 0 bridgehead atoms. The van der Waals surface area contributed by atoms with Crippen molar-refractivity contribution in [2.45, 2.75) is 38.2 Å². The maximum absolute atomic E-state index is 12.1. The van der Waals surface area contributed by atoms with Crippen molar-refractivity contribution in [3.05, 3.63) is 18.2 Å². The number of hydrogen-bond acceptors (Lipinski definition) is 5. The molecule has 1 aromatic carbocycles. The Kier molecular flexibility index (Phi) is 5.61. The van der Waals surface area contributed by atoms with Gasteiger partial charge >= 0.3 is 0 Å². The van der Waals surface area contributed by atoms with Gasteiger partial charge in [-0.1, -0.05) is 20.8 Å². The van der Waals surface area contributed by atoms with E-state index >= 15 is 0 Å². The molecule has 0 aliphatic carbocycles. The van der Waals surface area contributed by atoms with E-state index in [0.717, 1.165) is 0 Å². The van der Waals surface area contributed by atoms with Gasteiger partial charge in [0.25, 0.3) is 0 Å². The summed E-state index contributed by atoms with van der Waals surface area (Å²) in [5, 5.41) is 9.86. The number of anilines is 1. The Balaban J connectivity index is 2.76. The quantitative estimate of drug-likeness (QED) is 0.688. The van der Waals surface area contributed by atoms with Crippen molar-refractivity contribution >= 4 is 15.7 Å². The van der Waals surface area contributed by atoms with Crippen molar-refractivity contribution in [3.63, 3.8) is 0 Å². The topological polar surface area (TPSA) is 102 Å². The number of aliphatic hydroxyl groups excluding tert-OH is 1. The zero-order valence-corrected chi connectivity index (χ0v) is 13.7. The van der Waals surface area contributed by atoms with E-state index in [-0.39, 0.29) is 22.5 Å². The smallest absolute Gasteiger partial charge is 0.240 e. The largest absolute Gasteiger partial charge is 0.495 e. The molecule has 4 N–H and O–H groups in total. The van der Waals surface area contributed by atoms with Crippen molar-refractivity contribution in [2.75, 3.05) is 19.4 Å². The fourth-order valence-corrected chi connectivity index (χ4v) is 3.06. The third kappa shape index (κ3) is 5.53. The molecule has 6 nitrogen and oxygen atoms in total. The summed E-state index contributed by atoms with van der Waals surface area (Å²) in [4.78, 5) is 0.0451. The first kappa shape index (κ1) is 17.7. The average molecular weight is 316 g/mol. The average Bonchev–Trinajstić information content (AvgIpc) is 2.34. The number of nitrogens with one attached hydrogen (secondary N) is 1. The highest BCUT2D eigenvalue weighted by Gasteiger charge is 2.20. The molecule has 21 heavy (non-hydrogen) atoms. The van der Waals surface area contributed by atoms with E-state index in [1.807, 2.05) is 20.8 Å². The molecule has 0 spiro atoms. The summed E-state index contributed by atoms with van der Waals surface area (Å²) in [5.74, 6) is 0.418. The van der Waals surface area contributed by atoms with E-state index in [2.05, 4.69) is 4.72 Å². The molecule has 120 valence electrons. The monoisotopic (exact) mass is 316 g/mol. The van der Waals surface area contributed by atoms with Crippen molar-refractivity contribution < 1.29 is 18.3 Å². The first-order valence-corrected chi connectivity index (χ1v) is 8.15. The summed E-state index contributed by atoms with van der Waals surface area (Å²) in [6.45, 7) is 5.91. The number of hydrogen-bond donors (Lipinski definition) is 3. The van der Waals surface area contributed by atoms with Gasteiger partial charge in [-0.25, -0.2) is 13.1 Å². The Bertz CT molecular complexity index is 579. The molecule has 0 aliphatic heterocycles. The highest BCUT2D eigenvalue weighted by Crippen LogP contribution is 2.24. The van der Waals surface area contributed by atoms with Crippen LogP contribution in [0, 0.1) is 5.41 Å². The molecule has 7 heteroatoms. The van der Waals surface area contributed by atoms with Gasteiger partial charge < -0.3 is 15.6 Å². The van der Waals surface area contributed by atoms with Crippen LogP contribution >= 0.6 is 0 Å². The molecule has 0 heterocycles. The van der Waals surface area contributed by atoms with Gasteiger partial charge in [0.2, 0.25) is 10.0 Å². The molecule has 0 fully saturated rings. The third-order valence-corrected chi connectivity index (χ3v) is 4.29. The van der Waals surface area contributed by atoms with Crippen LogP contribution in [0.15, 0.2) is 23.1 Å². The highest BCUT2D eigenvalue weighted by molar-refractivity contribution is 7.89. The molecule has 0 radical (unpaired) electrons. The third-order valence-electron chi connectivity index (χ3n) is 2.87. The second kappa shape index (κ2) is 6.64. The van der Waals surface area contributed by atoms with Crippen LogP contribution in [0.5, 0.6) is 5.75 Å². The van der Waals surface area contributed by atoms with Gasteiger partial charge in [-0.2, -0.15) is 0 Å². The zero-order chi connectivity index (χ0) is 16.3. The van der Waals surface area contributed by atoms with Crippen LogP contribution in [0.1, 0.15) is 27.2 Å². The number of rotatable bonds is 6. The predicted octanol–water partition coefficient (Wildman–Crippen LogP) is 1.35. The Morgan fingerprint density at radius 3 is 2.48 bits per heavy atom. The van der Waals surface area contributed by atoms with Crippen molar-refractivity contribution in [3.8, 4) is 5.75 Å². The molecule has 1 aromatic rings. The molecule has 0 amide bonds. The Hall–Kier alpha value is -1.31. The van der Waals surface area contributed by atoms with E-state index < -0.39 is 16.1 Å². The summed E-state index contributed by atoms with van der Waals surface area (Å²) in [6.07, 6.45) is -0.240. The van der Waals surface area contributed by atoms with Gasteiger partial charge in [0.05, 0.1) is 23.8 Å². The maximum Gasteiger partial charge on any atom is 0.240 e. The first-order chi connectivity index (χ1) is 9.55. The summed E-state index contributed by atoms with van der Waals surface area (Å²) in [6, 6.07) is 4.24. The van der Waals surface area contributed by atoms with E-state index in [4.69, 9.17) is 10.5 Å². The Labute approximate surface area is 126 Å². The fourth-order valence-electron chi connectivity index (χ4n) is 1.95. The zero-order valence-electron chi connectivity index (χ0n) is 12.9. The molecular weight excluding hydrogens is 292 g/mol. The van der Waals surface area contributed by atoms with Crippen LogP contribution in [-0.2, 0) is 10.0 Å². The minimum atomic E-state index is -3.70. The van der Waals surface area contributed by atoms with Crippen LogP contribution in [0.25, 0.3) is 0 Å². The maximum atomic E-state index is 12.1. The number of nitrogens with two attached hydrogens (primary N) is 1. The van der Waals surface area contributed by atoms with E-state index in [1.54, 1.807) is 0 Å². The standard InChI is InChI=1S/C14H24N2O4S/c1-14(2,3)8-10(17)9-16-21(18,19)11-5-6-13(20-4)12(15)7-11/h5-7,10,16-17H,8-9,15H2,1-4H3. The van der Waals surface area contributed by atoms with Gasteiger partial charge in [0.1, 0.15) is 5.75 Å². The highest BCUT2D eigenvalue weighted by atomic mass is 32.2. The Morgan fingerprint density at radius 2 is 2.00 bits per heavy atom. The molecule has 0 saturated heterocycles. The van der Waals surface area contributed by atoms with Gasteiger partial charge in [0.15, 0.2) is 0 Å². The normalized spacial score (nSPS) is 14.0. The molecule has 0 aromatic heterocycles. The van der Waals surface area contributed by atoms with Gasteiger partial charge in [-0.05, 0) is 30.0 Å². The van der Waals surface area contributed by atoms with Crippen LogP contribution < -0.4 is 15.2 Å². The molecule has 1 atom stereocenters. The van der Waals surface area contributed by atoms with Crippen molar-refractivity contribution in [2.24, 2.45) is 5.41 Å². The lowest BCUT2D eigenvalue weighted by Gasteiger charge is -2.22. The van der Waals surface area contributed by atoms with Crippen molar-refractivity contribution in [1.29, 1.82) is 0 Å². The number of methoxy groups -OCH3 is 1. The van der Waals surface area contributed by atoms with Crippen LogP contribution in [0.4, 0.5) is 5.69 Å². The molecule has 0 saturated carbocycles. The summed E-state index contributed by atoms with van der Waals surface area (Å²) < 4.78 is 31.6. The summed E-state index contributed by atoms with van der Waals surface area (Å²) in [5.41, 5.74) is 5.87. The summed E-state index contributed by atoms with van der Waals surface area (Å²) in [7, 11) is -2.24. The molecule has 1 rings (SSSR count). The van der Waals surface area contributed by atoms with Crippen molar-refractivity contribution in [1.82, 2.24) is 4.72 Å². The molecular formula is C14H24N2O4S. The number of benzene rings is 1. The van der Waals surface area contributed by atoms with E-state index in [1.165, 1.54) is 25.3 Å². The lowest BCUT2D eigenvalue weighted by atomic mass is 9.89. The SMILES string of the molecule is COc1ccc(S(=O)(=O)NCC(O)CC(C)(C)C)cc1N. The van der Waals surface area contributed by atoms with E-state index in [9.17, 15) is 13.5 Å². The second-order valence-corrected chi connectivity index (χ2v) is 7.94. The van der Waals surface area contributed by atoms with Gasteiger partial charge in [0, 0.05) is 6.54 Å². The number of sulfonamides is 1. The lowest BCUT2D eigenvalue weighted by Crippen LogP contribution is -2.34.